The van der Waals surface area contributed by atoms with Crippen LogP contribution in [0.25, 0.3) is 0 Å². The standard InChI is InChI=1S/C16H27N3O2/c1-5-7-19-10-11(17)8-12(19)15(20)18-13-9-14(21-6-2)16(13,3)4/h8,10,13-14H,5-7,9,17H2,1-4H3,(H,18,20). The highest BCUT2D eigenvalue weighted by molar-refractivity contribution is 5.94. The molecule has 0 saturated heterocycles. The van der Waals surface area contributed by atoms with Crippen molar-refractivity contribution in [2.75, 3.05) is 12.3 Å². The fraction of sp³-hybridized carbons (Fsp3) is 0.688. The minimum Gasteiger partial charge on any atom is -0.397 e. The normalized spacial score (nSPS) is 23.6. The van der Waals surface area contributed by atoms with Crippen LogP contribution in [0.3, 0.4) is 0 Å². The Bertz CT molecular complexity index is 508. The maximum absolute atomic E-state index is 12.5. The van der Waals surface area contributed by atoms with Gasteiger partial charge in [-0.15, -0.1) is 0 Å². The van der Waals surface area contributed by atoms with Crippen molar-refractivity contribution in [2.45, 2.75) is 59.2 Å². The summed E-state index contributed by atoms with van der Waals surface area (Å²) in [7, 11) is 0. The smallest absolute Gasteiger partial charge is 0.268 e. The van der Waals surface area contributed by atoms with Gasteiger partial charge in [-0.05, 0) is 25.8 Å². The number of rotatable bonds is 6. The van der Waals surface area contributed by atoms with Gasteiger partial charge in [-0.3, -0.25) is 4.79 Å². The van der Waals surface area contributed by atoms with Crippen molar-refractivity contribution in [2.24, 2.45) is 5.41 Å². The molecule has 1 amide bonds. The minimum absolute atomic E-state index is 0.0284. The molecule has 5 heteroatoms. The molecule has 21 heavy (non-hydrogen) atoms. The summed E-state index contributed by atoms with van der Waals surface area (Å²) in [6.07, 6.45) is 3.89. The van der Waals surface area contributed by atoms with E-state index in [2.05, 4.69) is 26.1 Å². The van der Waals surface area contributed by atoms with Gasteiger partial charge in [0, 0.05) is 30.8 Å². The first-order valence-corrected chi connectivity index (χ1v) is 7.78. The van der Waals surface area contributed by atoms with Crippen molar-refractivity contribution in [1.29, 1.82) is 0 Å². The molecular weight excluding hydrogens is 266 g/mol. The van der Waals surface area contributed by atoms with Crippen LogP contribution in [-0.2, 0) is 11.3 Å². The monoisotopic (exact) mass is 293 g/mol. The summed E-state index contributed by atoms with van der Waals surface area (Å²) < 4.78 is 7.63. The maximum atomic E-state index is 12.5. The van der Waals surface area contributed by atoms with Crippen LogP contribution in [0.2, 0.25) is 0 Å². The lowest BCUT2D eigenvalue weighted by atomic mass is 9.64. The molecular formula is C16H27N3O2. The molecule has 1 saturated carbocycles. The van der Waals surface area contributed by atoms with Crippen molar-refractivity contribution in [3.8, 4) is 0 Å². The molecule has 5 nitrogen and oxygen atoms in total. The van der Waals surface area contributed by atoms with E-state index in [1.165, 1.54) is 0 Å². The zero-order valence-corrected chi connectivity index (χ0v) is 13.5. The highest BCUT2D eigenvalue weighted by Crippen LogP contribution is 2.42. The minimum atomic E-state index is -0.0480. The summed E-state index contributed by atoms with van der Waals surface area (Å²) >= 11 is 0. The Balaban J connectivity index is 2.03. The molecule has 0 aromatic carbocycles. The van der Waals surface area contributed by atoms with Crippen molar-refractivity contribution < 1.29 is 9.53 Å². The number of hydrogen-bond donors (Lipinski definition) is 2. The summed E-state index contributed by atoms with van der Waals surface area (Å²) in [5.74, 6) is -0.0480. The molecule has 0 aliphatic heterocycles. The number of anilines is 1. The zero-order chi connectivity index (χ0) is 15.6. The number of carbonyl (C=O) groups excluding carboxylic acids is 1. The molecule has 1 aromatic heterocycles. The van der Waals surface area contributed by atoms with E-state index in [1.807, 2.05) is 17.7 Å². The second-order valence-electron chi connectivity index (χ2n) is 6.38. The van der Waals surface area contributed by atoms with Crippen LogP contribution < -0.4 is 11.1 Å². The largest absolute Gasteiger partial charge is 0.397 e. The number of nitrogens with zero attached hydrogens (tertiary/aromatic N) is 1. The average molecular weight is 293 g/mol. The Morgan fingerprint density at radius 1 is 1.52 bits per heavy atom. The van der Waals surface area contributed by atoms with Gasteiger partial charge < -0.3 is 20.4 Å². The summed E-state index contributed by atoms with van der Waals surface area (Å²) in [5, 5.41) is 3.13. The highest BCUT2D eigenvalue weighted by atomic mass is 16.5. The molecule has 1 aliphatic rings. The molecule has 118 valence electrons. The zero-order valence-electron chi connectivity index (χ0n) is 13.5. The molecule has 0 radical (unpaired) electrons. The molecule has 1 heterocycles. The summed E-state index contributed by atoms with van der Waals surface area (Å²) in [6.45, 7) is 9.88. The summed E-state index contributed by atoms with van der Waals surface area (Å²) in [4.78, 5) is 12.5. The van der Waals surface area contributed by atoms with Gasteiger partial charge in [-0.1, -0.05) is 20.8 Å². The fourth-order valence-electron chi connectivity index (χ4n) is 3.00. The van der Waals surface area contributed by atoms with E-state index < -0.39 is 0 Å². The van der Waals surface area contributed by atoms with Crippen LogP contribution in [0.4, 0.5) is 5.69 Å². The first-order valence-electron chi connectivity index (χ1n) is 7.78. The molecule has 1 fully saturated rings. The van der Waals surface area contributed by atoms with E-state index in [4.69, 9.17) is 10.5 Å². The third kappa shape index (κ3) is 3.07. The van der Waals surface area contributed by atoms with Gasteiger partial charge in [0.15, 0.2) is 0 Å². The van der Waals surface area contributed by atoms with Crippen molar-refractivity contribution in [1.82, 2.24) is 9.88 Å². The SMILES string of the molecule is CCCn1cc(N)cc1C(=O)NC1CC(OCC)C1(C)C. The van der Waals surface area contributed by atoms with Gasteiger partial charge in [0.2, 0.25) is 0 Å². The molecule has 2 unspecified atom stereocenters. The van der Waals surface area contributed by atoms with Gasteiger partial charge in [0.1, 0.15) is 5.69 Å². The van der Waals surface area contributed by atoms with Gasteiger partial charge in [0.05, 0.1) is 11.8 Å². The topological polar surface area (TPSA) is 69.3 Å². The predicted molar refractivity (Wildman–Crippen MR) is 84.2 cm³/mol. The summed E-state index contributed by atoms with van der Waals surface area (Å²) in [5.41, 5.74) is 7.07. The van der Waals surface area contributed by atoms with E-state index in [-0.39, 0.29) is 23.5 Å². The first-order chi connectivity index (χ1) is 9.90. The Morgan fingerprint density at radius 3 is 2.81 bits per heavy atom. The number of amides is 1. The van der Waals surface area contributed by atoms with E-state index in [1.54, 1.807) is 6.07 Å². The second kappa shape index (κ2) is 6.10. The number of nitrogen functional groups attached to an aromatic ring is 1. The van der Waals surface area contributed by atoms with Gasteiger partial charge in [0.25, 0.3) is 5.91 Å². The highest BCUT2D eigenvalue weighted by Gasteiger charge is 2.49. The number of aromatic nitrogens is 1. The predicted octanol–water partition coefficient (Wildman–Crippen LogP) is 2.41. The lowest BCUT2D eigenvalue weighted by Gasteiger charge is -2.51. The van der Waals surface area contributed by atoms with Crippen molar-refractivity contribution in [3.63, 3.8) is 0 Å². The lowest BCUT2D eigenvalue weighted by molar-refractivity contribution is -0.111. The average Bonchev–Trinajstić information content (AvgIpc) is 2.79. The fourth-order valence-corrected chi connectivity index (χ4v) is 3.00. The molecule has 1 aliphatic carbocycles. The van der Waals surface area contributed by atoms with Crippen LogP contribution in [0.1, 0.15) is 51.0 Å². The van der Waals surface area contributed by atoms with Gasteiger partial charge in [-0.25, -0.2) is 0 Å². The van der Waals surface area contributed by atoms with E-state index in [0.29, 0.717) is 18.0 Å². The lowest BCUT2D eigenvalue weighted by Crippen LogP contribution is -2.62. The van der Waals surface area contributed by atoms with E-state index >= 15 is 0 Å². The van der Waals surface area contributed by atoms with E-state index in [0.717, 1.165) is 19.4 Å². The number of ether oxygens (including phenoxy) is 1. The van der Waals surface area contributed by atoms with Crippen LogP contribution in [0.15, 0.2) is 12.3 Å². The van der Waals surface area contributed by atoms with Crippen LogP contribution in [0.5, 0.6) is 0 Å². The Labute approximate surface area is 126 Å². The number of carbonyl (C=O) groups is 1. The number of nitrogens with two attached hydrogens (primary N) is 1. The van der Waals surface area contributed by atoms with Crippen LogP contribution in [-0.4, -0.2) is 29.2 Å². The Hall–Kier alpha value is -1.49. The van der Waals surface area contributed by atoms with E-state index in [9.17, 15) is 4.79 Å². The number of nitrogens with one attached hydrogen (secondary N) is 1. The Morgan fingerprint density at radius 2 is 2.24 bits per heavy atom. The van der Waals surface area contributed by atoms with Crippen LogP contribution in [0, 0.1) is 5.41 Å². The third-order valence-electron chi connectivity index (χ3n) is 4.47. The molecule has 2 rings (SSSR count). The number of hydrogen-bond acceptors (Lipinski definition) is 3. The number of aryl methyl sites for hydroxylation is 1. The molecule has 0 bridgehead atoms. The maximum Gasteiger partial charge on any atom is 0.268 e. The molecule has 2 atom stereocenters. The first kappa shape index (κ1) is 15.9. The quantitative estimate of drug-likeness (QED) is 0.846. The van der Waals surface area contributed by atoms with Crippen molar-refractivity contribution >= 4 is 11.6 Å². The second-order valence-corrected chi connectivity index (χ2v) is 6.38. The molecule has 1 aromatic rings. The molecule has 3 N–H and O–H groups in total. The molecule has 0 spiro atoms. The Kier molecular flexibility index (Phi) is 4.61. The van der Waals surface area contributed by atoms with Gasteiger partial charge in [-0.2, -0.15) is 0 Å². The van der Waals surface area contributed by atoms with Gasteiger partial charge >= 0.3 is 0 Å². The summed E-state index contributed by atoms with van der Waals surface area (Å²) in [6, 6.07) is 1.89. The van der Waals surface area contributed by atoms with Crippen LogP contribution >= 0.6 is 0 Å². The third-order valence-corrected chi connectivity index (χ3v) is 4.47. The van der Waals surface area contributed by atoms with Crippen molar-refractivity contribution in [3.05, 3.63) is 18.0 Å².